The van der Waals surface area contributed by atoms with Crippen LogP contribution in [0.15, 0.2) is 22.7 Å². The van der Waals surface area contributed by atoms with Gasteiger partial charge < -0.3 is 10.4 Å². The van der Waals surface area contributed by atoms with Crippen molar-refractivity contribution in [3.8, 4) is 0 Å². The number of aliphatic hydroxyl groups excluding tert-OH is 1. The highest BCUT2D eigenvalue weighted by atomic mass is 79.9. The Bertz CT molecular complexity index is 314. The van der Waals surface area contributed by atoms with Crippen LogP contribution in [0.25, 0.3) is 0 Å². The van der Waals surface area contributed by atoms with Crippen molar-refractivity contribution in [1.82, 2.24) is 0 Å². The molecule has 13 heavy (non-hydrogen) atoms. The molecule has 2 nitrogen and oxygen atoms in total. The molecule has 1 aromatic carbocycles. The lowest BCUT2D eigenvalue weighted by Gasteiger charge is -2.26. The van der Waals surface area contributed by atoms with Crippen molar-refractivity contribution < 1.29 is 5.11 Å². The summed E-state index contributed by atoms with van der Waals surface area (Å²) in [6, 6.07) is 6.40. The molecule has 1 aliphatic rings. The Labute approximate surface area is 86.1 Å². The van der Waals surface area contributed by atoms with E-state index in [2.05, 4.69) is 27.3 Å². The first-order chi connectivity index (χ1) is 6.31. The normalized spacial score (nSPS) is 20.6. The third-order valence-corrected chi connectivity index (χ3v) is 3.09. The number of halogens is 1. The van der Waals surface area contributed by atoms with Crippen LogP contribution in [-0.4, -0.2) is 17.8 Å². The van der Waals surface area contributed by atoms with Gasteiger partial charge in [-0.1, -0.05) is 12.1 Å². The molecule has 0 amide bonds. The molecular formula is C10H12BrNO. The average molecular weight is 242 g/mol. The molecule has 0 radical (unpaired) electrons. The van der Waals surface area contributed by atoms with Gasteiger partial charge in [0.25, 0.3) is 0 Å². The van der Waals surface area contributed by atoms with E-state index in [1.807, 2.05) is 12.1 Å². The van der Waals surface area contributed by atoms with Gasteiger partial charge in [0.05, 0.1) is 12.3 Å². The molecule has 0 aromatic heterocycles. The summed E-state index contributed by atoms with van der Waals surface area (Å²) in [5, 5.41) is 12.3. The number of aryl methyl sites for hydroxylation is 1. The predicted molar refractivity (Wildman–Crippen MR) is 57.0 cm³/mol. The Morgan fingerprint density at radius 3 is 3.15 bits per heavy atom. The second-order valence-corrected chi connectivity index (χ2v) is 4.19. The van der Waals surface area contributed by atoms with E-state index in [9.17, 15) is 0 Å². The van der Waals surface area contributed by atoms with Crippen molar-refractivity contribution in [3.05, 3.63) is 28.2 Å². The first-order valence-corrected chi connectivity index (χ1v) is 5.25. The van der Waals surface area contributed by atoms with Crippen LogP contribution in [0.5, 0.6) is 0 Å². The van der Waals surface area contributed by atoms with Crippen LogP contribution in [0.1, 0.15) is 12.0 Å². The van der Waals surface area contributed by atoms with Crippen molar-refractivity contribution >= 4 is 21.6 Å². The lowest BCUT2D eigenvalue weighted by molar-refractivity contribution is 0.267. The van der Waals surface area contributed by atoms with E-state index in [1.165, 1.54) is 5.56 Å². The lowest BCUT2D eigenvalue weighted by atomic mass is 9.99. The van der Waals surface area contributed by atoms with E-state index >= 15 is 0 Å². The van der Waals surface area contributed by atoms with Gasteiger partial charge in [0, 0.05) is 10.5 Å². The minimum atomic E-state index is 0.209. The summed E-state index contributed by atoms with van der Waals surface area (Å²) in [6.45, 7) is 0.209. The average Bonchev–Trinajstić information content (AvgIpc) is 2.18. The lowest BCUT2D eigenvalue weighted by Crippen LogP contribution is -2.28. The quantitative estimate of drug-likeness (QED) is 0.790. The molecule has 2 rings (SSSR count). The fourth-order valence-electron chi connectivity index (χ4n) is 1.68. The summed E-state index contributed by atoms with van der Waals surface area (Å²) in [4.78, 5) is 0. The molecule has 1 unspecified atom stereocenters. The molecule has 1 heterocycles. The van der Waals surface area contributed by atoms with E-state index in [4.69, 9.17) is 5.11 Å². The summed E-state index contributed by atoms with van der Waals surface area (Å²) in [6.07, 6.45) is 2.06. The van der Waals surface area contributed by atoms with Gasteiger partial charge in [0.2, 0.25) is 0 Å². The third-order valence-electron chi connectivity index (χ3n) is 2.43. The first-order valence-electron chi connectivity index (χ1n) is 4.46. The van der Waals surface area contributed by atoms with E-state index < -0.39 is 0 Å². The van der Waals surface area contributed by atoms with Crippen LogP contribution < -0.4 is 5.32 Å². The molecule has 70 valence electrons. The Morgan fingerprint density at radius 2 is 2.38 bits per heavy atom. The zero-order chi connectivity index (χ0) is 9.26. The Hall–Kier alpha value is -0.540. The minimum absolute atomic E-state index is 0.209. The van der Waals surface area contributed by atoms with Crippen molar-refractivity contribution in [2.24, 2.45) is 0 Å². The van der Waals surface area contributed by atoms with Crippen molar-refractivity contribution in [2.75, 3.05) is 11.9 Å². The van der Waals surface area contributed by atoms with Crippen LogP contribution in [0.4, 0.5) is 5.69 Å². The molecule has 2 N–H and O–H groups in total. The van der Waals surface area contributed by atoms with Crippen LogP contribution >= 0.6 is 15.9 Å². The number of para-hydroxylation sites is 1. The molecule has 1 aromatic rings. The SMILES string of the molecule is OCC1CCc2cccc(Br)c2N1. The molecular weight excluding hydrogens is 230 g/mol. The van der Waals surface area contributed by atoms with Gasteiger partial charge in [-0.3, -0.25) is 0 Å². The number of fused-ring (bicyclic) bond motifs is 1. The van der Waals surface area contributed by atoms with Gasteiger partial charge in [0.1, 0.15) is 0 Å². The molecule has 1 aliphatic heterocycles. The molecule has 1 atom stereocenters. The second kappa shape index (κ2) is 3.68. The molecule has 0 aliphatic carbocycles. The monoisotopic (exact) mass is 241 g/mol. The number of anilines is 1. The van der Waals surface area contributed by atoms with Crippen molar-refractivity contribution in [1.29, 1.82) is 0 Å². The van der Waals surface area contributed by atoms with Gasteiger partial charge in [-0.25, -0.2) is 0 Å². The largest absolute Gasteiger partial charge is 0.394 e. The fraction of sp³-hybridized carbons (Fsp3) is 0.400. The van der Waals surface area contributed by atoms with E-state index in [0.29, 0.717) is 0 Å². The van der Waals surface area contributed by atoms with Crippen LogP contribution in [0.3, 0.4) is 0 Å². The van der Waals surface area contributed by atoms with Gasteiger partial charge >= 0.3 is 0 Å². The Balaban J connectivity index is 2.32. The van der Waals surface area contributed by atoms with Crippen LogP contribution in [0, 0.1) is 0 Å². The molecule has 0 saturated heterocycles. The standard InChI is InChI=1S/C10H12BrNO/c11-9-3-1-2-7-4-5-8(6-13)12-10(7)9/h1-3,8,12-13H,4-6H2. The number of nitrogens with one attached hydrogen (secondary N) is 1. The number of hydrogen-bond donors (Lipinski definition) is 2. The number of hydrogen-bond acceptors (Lipinski definition) is 2. The first kappa shape index (κ1) is 9.03. The van der Waals surface area contributed by atoms with Gasteiger partial charge in [-0.05, 0) is 40.4 Å². The van der Waals surface area contributed by atoms with Crippen molar-refractivity contribution in [3.63, 3.8) is 0 Å². The zero-order valence-electron chi connectivity index (χ0n) is 7.26. The van der Waals surface area contributed by atoms with E-state index in [-0.39, 0.29) is 12.6 Å². The van der Waals surface area contributed by atoms with Gasteiger partial charge in [-0.2, -0.15) is 0 Å². The highest BCUT2D eigenvalue weighted by Crippen LogP contribution is 2.31. The topological polar surface area (TPSA) is 32.3 Å². The summed E-state index contributed by atoms with van der Waals surface area (Å²) < 4.78 is 1.09. The third kappa shape index (κ3) is 1.71. The van der Waals surface area contributed by atoms with Crippen LogP contribution in [0.2, 0.25) is 0 Å². The van der Waals surface area contributed by atoms with Gasteiger partial charge in [-0.15, -0.1) is 0 Å². The summed E-state index contributed by atoms with van der Waals surface area (Å²) >= 11 is 3.49. The smallest absolute Gasteiger partial charge is 0.0632 e. The number of aliphatic hydroxyl groups is 1. The molecule has 3 heteroatoms. The highest BCUT2D eigenvalue weighted by Gasteiger charge is 2.17. The fourth-order valence-corrected chi connectivity index (χ4v) is 2.20. The maximum absolute atomic E-state index is 9.03. The minimum Gasteiger partial charge on any atom is -0.394 e. The summed E-state index contributed by atoms with van der Waals surface area (Å²) in [5.74, 6) is 0. The number of rotatable bonds is 1. The molecule has 0 bridgehead atoms. The molecule has 0 fully saturated rings. The maximum Gasteiger partial charge on any atom is 0.0632 e. The van der Waals surface area contributed by atoms with E-state index in [0.717, 1.165) is 23.0 Å². The zero-order valence-corrected chi connectivity index (χ0v) is 8.84. The Morgan fingerprint density at radius 1 is 1.54 bits per heavy atom. The van der Waals surface area contributed by atoms with Crippen molar-refractivity contribution in [2.45, 2.75) is 18.9 Å². The molecule has 0 spiro atoms. The maximum atomic E-state index is 9.03. The van der Waals surface area contributed by atoms with E-state index in [1.54, 1.807) is 0 Å². The molecule has 0 saturated carbocycles. The summed E-state index contributed by atoms with van der Waals surface area (Å²) in [7, 11) is 0. The highest BCUT2D eigenvalue weighted by molar-refractivity contribution is 9.10. The summed E-state index contributed by atoms with van der Waals surface area (Å²) in [5.41, 5.74) is 2.48. The predicted octanol–water partition coefficient (Wildman–Crippen LogP) is 2.17. The number of benzene rings is 1. The van der Waals surface area contributed by atoms with Crippen LogP contribution in [-0.2, 0) is 6.42 Å². The Kier molecular flexibility index (Phi) is 2.56. The van der Waals surface area contributed by atoms with Gasteiger partial charge in [0.15, 0.2) is 0 Å². The second-order valence-electron chi connectivity index (χ2n) is 3.34.